The molecule has 180 valence electrons. The van der Waals surface area contributed by atoms with Crippen LogP contribution in [0.4, 0.5) is 5.69 Å². The molecule has 1 N–H and O–H groups in total. The van der Waals surface area contributed by atoms with Crippen molar-refractivity contribution in [3.05, 3.63) is 70.4 Å². The zero-order chi connectivity index (χ0) is 23.6. The van der Waals surface area contributed by atoms with Crippen LogP contribution in [0.5, 0.6) is 0 Å². The van der Waals surface area contributed by atoms with Gasteiger partial charge in [0.05, 0.1) is 24.4 Å². The first kappa shape index (κ1) is 22.5. The number of nitrogens with zero attached hydrogens (tertiary/aromatic N) is 3. The normalized spacial score (nSPS) is 17.8. The number of nitrogens with one attached hydrogen (secondary N) is 1. The van der Waals surface area contributed by atoms with Crippen molar-refractivity contribution in [3.8, 4) is 11.3 Å². The lowest BCUT2D eigenvalue weighted by atomic mass is 9.99. The summed E-state index contributed by atoms with van der Waals surface area (Å²) < 4.78 is 5.47. The number of aromatic amines is 1. The summed E-state index contributed by atoms with van der Waals surface area (Å²) >= 11 is 1.68. The molecular weight excluding hydrogens is 456 g/mol. The summed E-state index contributed by atoms with van der Waals surface area (Å²) in [6.45, 7) is 5.40. The van der Waals surface area contributed by atoms with Crippen molar-refractivity contribution >= 4 is 33.7 Å². The smallest absolute Gasteiger partial charge is 0.159 e. The highest BCUT2D eigenvalue weighted by atomic mass is 32.1. The lowest BCUT2D eigenvalue weighted by Crippen LogP contribution is -2.36. The van der Waals surface area contributed by atoms with Gasteiger partial charge in [-0.05, 0) is 67.2 Å². The third kappa shape index (κ3) is 4.63. The summed E-state index contributed by atoms with van der Waals surface area (Å²) in [6.07, 6.45) is 2.77. The largest absolute Gasteiger partial charge is 0.378 e. The van der Waals surface area contributed by atoms with Gasteiger partial charge in [-0.2, -0.15) is 5.10 Å². The van der Waals surface area contributed by atoms with Crippen LogP contribution in [-0.2, 0) is 16.0 Å². The Morgan fingerprint density at radius 1 is 1.03 bits per heavy atom. The number of carbonyl (C=O) groups excluding carboxylic acids is 1. The summed E-state index contributed by atoms with van der Waals surface area (Å²) in [6, 6.07) is 18.9. The molecule has 2 aromatic carbocycles. The molecule has 0 bridgehead atoms. The molecule has 2 aromatic heterocycles. The number of morpholine rings is 1. The average Bonchev–Trinajstić information content (AvgIpc) is 3.68. The van der Waals surface area contributed by atoms with E-state index in [0.29, 0.717) is 6.42 Å². The zero-order valence-electron chi connectivity index (χ0n) is 19.8. The molecule has 0 spiro atoms. The molecular formula is C28H30N4O2S. The van der Waals surface area contributed by atoms with Crippen molar-refractivity contribution in [1.82, 2.24) is 15.1 Å². The van der Waals surface area contributed by atoms with Gasteiger partial charge in [0.1, 0.15) is 6.04 Å². The van der Waals surface area contributed by atoms with Gasteiger partial charge in [-0.1, -0.05) is 24.3 Å². The van der Waals surface area contributed by atoms with E-state index in [-0.39, 0.29) is 11.8 Å². The molecule has 4 heterocycles. The van der Waals surface area contributed by atoms with E-state index >= 15 is 0 Å². The van der Waals surface area contributed by atoms with Crippen molar-refractivity contribution in [1.29, 1.82) is 0 Å². The molecule has 2 saturated heterocycles. The van der Waals surface area contributed by atoms with Crippen LogP contribution in [0.15, 0.2) is 60.0 Å². The lowest BCUT2D eigenvalue weighted by Gasteiger charge is -2.28. The Hall–Kier alpha value is -3.00. The van der Waals surface area contributed by atoms with E-state index in [0.717, 1.165) is 72.0 Å². The predicted octanol–water partition coefficient (Wildman–Crippen LogP) is 5.08. The van der Waals surface area contributed by atoms with E-state index < -0.39 is 0 Å². The fourth-order valence-electron chi connectivity index (χ4n) is 5.33. The van der Waals surface area contributed by atoms with Gasteiger partial charge in [-0.15, -0.1) is 11.3 Å². The maximum absolute atomic E-state index is 13.5. The molecule has 35 heavy (non-hydrogen) atoms. The number of likely N-dealkylation sites (tertiary alicyclic amines) is 1. The fraction of sp³-hybridized carbons (Fsp3) is 0.357. The first-order valence-electron chi connectivity index (χ1n) is 12.5. The number of thiophene rings is 1. The standard InChI is InChI=1S/C28H30N4O2S/c33-25(28(26-4-3-17-35-26)32-11-1-2-12-32)19-20-5-10-24-23(18-20)27(30-29-24)21-6-8-22(9-7-21)31-13-15-34-16-14-31/h3-10,17-18,28H,1-2,11-16,19H2,(H,29,30). The quantitative estimate of drug-likeness (QED) is 0.395. The van der Waals surface area contributed by atoms with Gasteiger partial charge < -0.3 is 9.64 Å². The number of H-pyrrole nitrogens is 1. The number of hydrogen-bond donors (Lipinski definition) is 1. The van der Waals surface area contributed by atoms with Crippen LogP contribution in [0, 0.1) is 0 Å². The molecule has 0 amide bonds. The summed E-state index contributed by atoms with van der Waals surface area (Å²) in [5, 5.41) is 10.9. The molecule has 7 heteroatoms. The Morgan fingerprint density at radius 2 is 1.83 bits per heavy atom. The lowest BCUT2D eigenvalue weighted by molar-refractivity contribution is -0.123. The summed E-state index contributed by atoms with van der Waals surface area (Å²) in [7, 11) is 0. The Morgan fingerprint density at radius 3 is 2.57 bits per heavy atom. The number of fused-ring (bicyclic) bond motifs is 1. The highest BCUT2D eigenvalue weighted by molar-refractivity contribution is 7.10. The first-order valence-corrected chi connectivity index (χ1v) is 13.3. The van der Waals surface area contributed by atoms with E-state index in [1.165, 1.54) is 18.5 Å². The van der Waals surface area contributed by atoms with Crippen LogP contribution in [0.3, 0.4) is 0 Å². The molecule has 4 aromatic rings. The number of rotatable bonds is 7. The SMILES string of the molecule is O=C(Cc1ccc2[nH]nc(-c3ccc(N4CCOCC4)cc3)c2c1)C(c1cccs1)N1CCCC1. The van der Waals surface area contributed by atoms with Crippen molar-refractivity contribution in [2.24, 2.45) is 0 Å². The number of ketones is 1. The Kier molecular flexibility index (Phi) is 6.37. The van der Waals surface area contributed by atoms with E-state index in [1.807, 2.05) is 12.1 Å². The van der Waals surface area contributed by atoms with Crippen LogP contribution < -0.4 is 4.90 Å². The monoisotopic (exact) mass is 486 g/mol. The highest BCUT2D eigenvalue weighted by Gasteiger charge is 2.30. The minimum absolute atomic E-state index is 0.134. The molecule has 6 nitrogen and oxygen atoms in total. The second-order valence-electron chi connectivity index (χ2n) is 9.40. The number of Topliss-reactive ketones (excluding diaryl/α,β-unsaturated/α-hetero) is 1. The Balaban J connectivity index is 1.25. The number of aromatic nitrogens is 2. The minimum Gasteiger partial charge on any atom is -0.378 e. The predicted molar refractivity (Wildman–Crippen MR) is 141 cm³/mol. The molecule has 2 aliphatic heterocycles. The van der Waals surface area contributed by atoms with Crippen LogP contribution in [0.25, 0.3) is 22.2 Å². The van der Waals surface area contributed by atoms with Crippen molar-refractivity contribution < 1.29 is 9.53 Å². The zero-order valence-corrected chi connectivity index (χ0v) is 20.6. The van der Waals surface area contributed by atoms with Crippen molar-refractivity contribution in [3.63, 3.8) is 0 Å². The molecule has 1 unspecified atom stereocenters. The van der Waals surface area contributed by atoms with E-state index in [1.54, 1.807) is 11.3 Å². The maximum atomic E-state index is 13.5. The van der Waals surface area contributed by atoms with Crippen LogP contribution in [-0.4, -0.2) is 60.3 Å². The van der Waals surface area contributed by atoms with E-state index in [2.05, 4.69) is 67.8 Å². The fourth-order valence-corrected chi connectivity index (χ4v) is 6.21. The molecule has 0 aliphatic carbocycles. The van der Waals surface area contributed by atoms with Gasteiger partial charge in [-0.3, -0.25) is 14.8 Å². The van der Waals surface area contributed by atoms with Crippen molar-refractivity contribution in [2.75, 3.05) is 44.3 Å². The van der Waals surface area contributed by atoms with Gasteiger partial charge in [0.15, 0.2) is 5.78 Å². The number of benzene rings is 2. The Labute approximate surface area is 209 Å². The number of carbonyl (C=O) groups is 1. The van der Waals surface area contributed by atoms with Gasteiger partial charge in [0.2, 0.25) is 0 Å². The number of hydrogen-bond acceptors (Lipinski definition) is 6. The summed E-state index contributed by atoms with van der Waals surface area (Å²) in [4.78, 5) is 19.4. The van der Waals surface area contributed by atoms with Gasteiger partial charge in [-0.25, -0.2) is 0 Å². The molecule has 6 rings (SSSR count). The van der Waals surface area contributed by atoms with Gasteiger partial charge in [0, 0.05) is 41.0 Å². The van der Waals surface area contributed by atoms with Crippen LogP contribution in [0.1, 0.15) is 29.3 Å². The molecule has 2 aliphatic rings. The number of ether oxygens (including phenoxy) is 1. The first-order chi connectivity index (χ1) is 17.3. The summed E-state index contributed by atoms with van der Waals surface area (Å²) in [5.74, 6) is 0.272. The third-order valence-corrected chi connectivity index (χ3v) is 8.07. The Bertz CT molecular complexity index is 1290. The molecule has 1 atom stereocenters. The van der Waals surface area contributed by atoms with Crippen molar-refractivity contribution in [2.45, 2.75) is 25.3 Å². The van der Waals surface area contributed by atoms with Gasteiger partial charge in [0.25, 0.3) is 0 Å². The minimum atomic E-state index is -0.134. The molecule has 0 radical (unpaired) electrons. The maximum Gasteiger partial charge on any atom is 0.159 e. The molecule has 2 fully saturated rings. The molecule has 0 saturated carbocycles. The second kappa shape index (κ2) is 9.93. The third-order valence-electron chi connectivity index (χ3n) is 7.15. The number of anilines is 1. The summed E-state index contributed by atoms with van der Waals surface area (Å²) in [5.41, 5.74) is 5.24. The van der Waals surface area contributed by atoms with Crippen LogP contribution in [0.2, 0.25) is 0 Å². The van der Waals surface area contributed by atoms with Gasteiger partial charge >= 0.3 is 0 Å². The highest BCUT2D eigenvalue weighted by Crippen LogP contribution is 2.32. The second-order valence-corrected chi connectivity index (χ2v) is 10.4. The van der Waals surface area contributed by atoms with Crippen LogP contribution >= 0.6 is 11.3 Å². The van der Waals surface area contributed by atoms with E-state index in [4.69, 9.17) is 4.74 Å². The van der Waals surface area contributed by atoms with E-state index in [9.17, 15) is 4.79 Å². The topological polar surface area (TPSA) is 61.5 Å². The average molecular weight is 487 g/mol.